The van der Waals surface area contributed by atoms with Gasteiger partial charge in [-0.1, -0.05) is 36.1 Å². The lowest BCUT2D eigenvalue weighted by atomic mass is 10.00. The summed E-state index contributed by atoms with van der Waals surface area (Å²) >= 11 is 6.27. The van der Waals surface area contributed by atoms with Gasteiger partial charge in [0.05, 0.1) is 17.5 Å². The van der Waals surface area contributed by atoms with Crippen LogP contribution in [0.2, 0.25) is 0 Å². The number of aromatic nitrogens is 2. The summed E-state index contributed by atoms with van der Waals surface area (Å²) in [4.78, 5) is 30.3. The molecule has 0 saturated carbocycles. The van der Waals surface area contributed by atoms with E-state index in [1.165, 1.54) is 18.0 Å². The predicted octanol–water partition coefficient (Wildman–Crippen LogP) is 3.09. The minimum atomic E-state index is -0.383. The lowest BCUT2D eigenvalue weighted by Gasteiger charge is -2.11. The van der Waals surface area contributed by atoms with E-state index < -0.39 is 0 Å². The van der Waals surface area contributed by atoms with Crippen LogP contribution in [0.15, 0.2) is 52.3 Å². The summed E-state index contributed by atoms with van der Waals surface area (Å²) in [6, 6.07) is 11.3. The highest BCUT2D eigenvalue weighted by Crippen LogP contribution is 2.34. The fourth-order valence-corrected chi connectivity index (χ4v) is 3.88. The highest BCUT2D eigenvalue weighted by Gasteiger charge is 2.22. The number of aromatic amines is 1. The van der Waals surface area contributed by atoms with Crippen LogP contribution >= 0.6 is 24.0 Å². The standard InChI is InChI=1S/C19H13N3O3S2/c1-25-15-5-2-10(7-16-17(23)22-19(26)27-16)6-13(15)11-3-4-14-12(8-11)9-20-18(24)21-14/h2-9H,1H3,(H,20,21,24)(H,22,23,26). The van der Waals surface area contributed by atoms with Gasteiger partial charge in [0, 0.05) is 17.1 Å². The Hall–Kier alpha value is -2.97. The third-order valence-electron chi connectivity index (χ3n) is 4.09. The Morgan fingerprint density at radius 2 is 2.04 bits per heavy atom. The number of H-pyrrole nitrogens is 1. The van der Waals surface area contributed by atoms with Crippen molar-refractivity contribution >= 4 is 51.2 Å². The molecule has 27 heavy (non-hydrogen) atoms. The zero-order chi connectivity index (χ0) is 19.0. The molecule has 2 heterocycles. The topological polar surface area (TPSA) is 84.1 Å². The number of carbonyl (C=O) groups is 1. The van der Waals surface area contributed by atoms with E-state index in [2.05, 4.69) is 15.3 Å². The number of amides is 1. The van der Waals surface area contributed by atoms with Gasteiger partial charge in [-0.15, -0.1) is 0 Å². The van der Waals surface area contributed by atoms with Crippen molar-refractivity contribution in [2.24, 2.45) is 0 Å². The summed E-state index contributed by atoms with van der Waals surface area (Å²) in [6.45, 7) is 0. The van der Waals surface area contributed by atoms with Crippen molar-refractivity contribution in [1.82, 2.24) is 15.3 Å². The number of hydrogen-bond donors (Lipinski definition) is 2. The Morgan fingerprint density at radius 3 is 2.78 bits per heavy atom. The fourth-order valence-electron chi connectivity index (χ4n) is 2.84. The molecule has 1 aromatic heterocycles. The average molecular weight is 395 g/mol. The first-order valence-electron chi connectivity index (χ1n) is 7.96. The van der Waals surface area contributed by atoms with Crippen LogP contribution in [0.1, 0.15) is 5.56 Å². The summed E-state index contributed by atoms with van der Waals surface area (Å²) in [5, 5.41) is 3.42. The van der Waals surface area contributed by atoms with E-state index in [1.807, 2.05) is 36.4 Å². The quantitative estimate of drug-likeness (QED) is 0.524. The number of nitrogens with zero attached hydrogens (tertiary/aromatic N) is 1. The lowest BCUT2D eigenvalue weighted by molar-refractivity contribution is -0.115. The molecule has 1 fully saturated rings. The lowest BCUT2D eigenvalue weighted by Crippen LogP contribution is -2.17. The van der Waals surface area contributed by atoms with Crippen molar-refractivity contribution in [3.63, 3.8) is 0 Å². The molecule has 6 nitrogen and oxygen atoms in total. The van der Waals surface area contributed by atoms with Gasteiger partial charge in [-0.2, -0.15) is 0 Å². The second-order valence-electron chi connectivity index (χ2n) is 5.80. The zero-order valence-corrected chi connectivity index (χ0v) is 15.7. The van der Waals surface area contributed by atoms with Gasteiger partial charge in [-0.25, -0.2) is 9.78 Å². The Bertz CT molecular complexity index is 1180. The van der Waals surface area contributed by atoms with Crippen LogP contribution in [0.25, 0.3) is 28.1 Å². The van der Waals surface area contributed by atoms with E-state index >= 15 is 0 Å². The van der Waals surface area contributed by atoms with Gasteiger partial charge >= 0.3 is 5.69 Å². The van der Waals surface area contributed by atoms with E-state index in [0.29, 0.717) is 20.5 Å². The average Bonchev–Trinajstić information content (AvgIpc) is 2.98. The molecule has 0 aliphatic carbocycles. The van der Waals surface area contributed by atoms with Gasteiger partial charge < -0.3 is 15.0 Å². The second kappa shape index (κ2) is 6.98. The van der Waals surface area contributed by atoms with Crippen LogP contribution in [-0.2, 0) is 4.79 Å². The van der Waals surface area contributed by atoms with Crippen LogP contribution in [0, 0.1) is 0 Å². The third kappa shape index (κ3) is 3.49. The number of hydrogen-bond acceptors (Lipinski definition) is 6. The van der Waals surface area contributed by atoms with E-state index in [9.17, 15) is 9.59 Å². The number of carbonyl (C=O) groups excluding carboxylic acids is 1. The highest BCUT2D eigenvalue weighted by atomic mass is 32.2. The van der Waals surface area contributed by atoms with E-state index in [4.69, 9.17) is 17.0 Å². The normalized spacial score (nSPS) is 15.4. The SMILES string of the molecule is COc1ccc(C=C2SC(=S)NC2=O)cc1-c1ccc2[nH]c(=O)ncc2c1. The Kier molecular flexibility index (Phi) is 4.51. The van der Waals surface area contributed by atoms with E-state index in [-0.39, 0.29) is 11.6 Å². The molecule has 0 bridgehead atoms. The largest absolute Gasteiger partial charge is 0.496 e. The molecular weight excluding hydrogens is 382 g/mol. The number of methoxy groups -OCH3 is 1. The van der Waals surface area contributed by atoms with Crippen molar-refractivity contribution in [1.29, 1.82) is 0 Å². The molecule has 4 rings (SSSR count). The Morgan fingerprint density at radius 1 is 1.19 bits per heavy atom. The first kappa shape index (κ1) is 17.4. The maximum absolute atomic E-state index is 11.9. The zero-order valence-electron chi connectivity index (χ0n) is 14.1. The van der Waals surface area contributed by atoms with Gasteiger partial charge in [0.1, 0.15) is 10.1 Å². The van der Waals surface area contributed by atoms with Crippen LogP contribution < -0.4 is 15.7 Å². The number of thioether (sulfide) groups is 1. The first-order valence-corrected chi connectivity index (χ1v) is 9.18. The molecule has 0 unspecified atom stereocenters. The molecule has 2 N–H and O–H groups in total. The summed E-state index contributed by atoms with van der Waals surface area (Å²) in [7, 11) is 1.61. The maximum atomic E-state index is 11.9. The number of rotatable bonds is 3. The summed E-state index contributed by atoms with van der Waals surface area (Å²) < 4.78 is 5.95. The highest BCUT2D eigenvalue weighted by molar-refractivity contribution is 8.26. The monoisotopic (exact) mass is 395 g/mol. The van der Waals surface area contributed by atoms with E-state index in [0.717, 1.165) is 22.1 Å². The molecule has 1 amide bonds. The second-order valence-corrected chi connectivity index (χ2v) is 7.52. The van der Waals surface area contributed by atoms with Crippen LogP contribution in [-0.4, -0.2) is 27.3 Å². The van der Waals surface area contributed by atoms with Crippen molar-refractivity contribution < 1.29 is 9.53 Å². The van der Waals surface area contributed by atoms with Crippen molar-refractivity contribution in [2.45, 2.75) is 0 Å². The van der Waals surface area contributed by atoms with Crippen LogP contribution in [0.3, 0.4) is 0 Å². The van der Waals surface area contributed by atoms with Crippen LogP contribution in [0.5, 0.6) is 5.75 Å². The molecule has 134 valence electrons. The molecule has 3 aromatic rings. The van der Waals surface area contributed by atoms with Gasteiger partial charge in [-0.3, -0.25) is 4.79 Å². The number of fused-ring (bicyclic) bond motifs is 1. The Balaban J connectivity index is 1.81. The molecule has 0 atom stereocenters. The minimum absolute atomic E-state index is 0.192. The predicted molar refractivity (Wildman–Crippen MR) is 111 cm³/mol. The Labute approximate surface area is 163 Å². The van der Waals surface area contributed by atoms with Gasteiger partial charge in [0.15, 0.2) is 0 Å². The molecule has 0 radical (unpaired) electrons. The summed E-state index contributed by atoms with van der Waals surface area (Å²) in [5.41, 5.74) is 2.96. The van der Waals surface area contributed by atoms with Gasteiger partial charge in [0.2, 0.25) is 0 Å². The fraction of sp³-hybridized carbons (Fsp3) is 0.0526. The summed E-state index contributed by atoms with van der Waals surface area (Å²) in [6.07, 6.45) is 3.33. The molecule has 8 heteroatoms. The molecular formula is C19H13N3O3S2. The van der Waals surface area contributed by atoms with E-state index in [1.54, 1.807) is 13.2 Å². The number of nitrogens with one attached hydrogen (secondary N) is 2. The third-order valence-corrected chi connectivity index (χ3v) is 5.25. The number of benzene rings is 2. The minimum Gasteiger partial charge on any atom is -0.496 e. The summed E-state index contributed by atoms with van der Waals surface area (Å²) in [5.74, 6) is 0.510. The molecule has 1 aliphatic rings. The number of thiocarbonyl (C=S) groups is 1. The van der Waals surface area contributed by atoms with Gasteiger partial charge in [0.25, 0.3) is 5.91 Å². The van der Waals surface area contributed by atoms with Crippen molar-refractivity contribution in [2.75, 3.05) is 7.11 Å². The first-order chi connectivity index (χ1) is 13.0. The van der Waals surface area contributed by atoms with Gasteiger partial charge in [-0.05, 0) is 41.5 Å². The number of ether oxygens (including phenoxy) is 1. The molecule has 1 saturated heterocycles. The van der Waals surface area contributed by atoms with Crippen molar-refractivity contribution in [3.8, 4) is 16.9 Å². The molecule has 2 aromatic carbocycles. The van der Waals surface area contributed by atoms with Crippen LogP contribution in [0.4, 0.5) is 0 Å². The molecule has 1 aliphatic heterocycles. The smallest absolute Gasteiger partial charge is 0.345 e. The maximum Gasteiger partial charge on any atom is 0.345 e. The van der Waals surface area contributed by atoms with Crippen molar-refractivity contribution in [3.05, 3.63) is 63.5 Å². The molecule has 0 spiro atoms.